The number of pyridine rings is 1. The summed E-state index contributed by atoms with van der Waals surface area (Å²) in [5, 5.41) is 10.1. The van der Waals surface area contributed by atoms with Gasteiger partial charge in [-0.25, -0.2) is 0 Å². The second-order valence-electron chi connectivity index (χ2n) is 7.33. The van der Waals surface area contributed by atoms with E-state index in [4.69, 9.17) is 4.74 Å². The molecule has 140 valence electrons. The van der Waals surface area contributed by atoms with E-state index in [1.54, 1.807) is 23.2 Å². The van der Waals surface area contributed by atoms with Crippen LogP contribution in [0.25, 0.3) is 0 Å². The summed E-state index contributed by atoms with van der Waals surface area (Å²) in [5.41, 5.74) is 1.26. The molecule has 0 unspecified atom stereocenters. The minimum absolute atomic E-state index is 0.144. The molecule has 0 bridgehead atoms. The SMILES string of the molecule is CCc1cc(C(=O)N2C[C@@H]3COc4ccccc4C[C@]3(C(=O)O)C2)ccn1. The van der Waals surface area contributed by atoms with Gasteiger partial charge >= 0.3 is 5.97 Å². The number of amides is 1. The molecule has 0 aliphatic carbocycles. The summed E-state index contributed by atoms with van der Waals surface area (Å²) in [7, 11) is 0. The van der Waals surface area contributed by atoms with E-state index in [0.29, 0.717) is 25.1 Å². The van der Waals surface area contributed by atoms with Gasteiger partial charge in [0.1, 0.15) is 5.75 Å². The molecule has 1 saturated heterocycles. The number of aliphatic carboxylic acids is 1. The molecule has 1 N–H and O–H groups in total. The second-order valence-corrected chi connectivity index (χ2v) is 7.33. The summed E-state index contributed by atoms with van der Waals surface area (Å²) in [6.45, 7) is 2.85. The van der Waals surface area contributed by atoms with Crippen molar-refractivity contribution in [2.45, 2.75) is 19.8 Å². The van der Waals surface area contributed by atoms with Crippen LogP contribution in [0.1, 0.15) is 28.5 Å². The lowest BCUT2D eigenvalue weighted by Gasteiger charge is -2.27. The molecule has 1 amide bonds. The molecule has 4 rings (SSSR count). The molecule has 0 radical (unpaired) electrons. The Balaban J connectivity index is 1.65. The molecule has 2 aliphatic heterocycles. The lowest BCUT2D eigenvalue weighted by molar-refractivity contribution is -0.150. The van der Waals surface area contributed by atoms with Gasteiger partial charge in [-0.3, -0.25) is 14.6 Å². The van der Waals surface area contributed by atoms with Crippen molar-refractivity contribution < 1.29 is 19.4 Å². The molecule has 1 aromatic heterocycles. The number of hydrogen-bond acceptors (Lipinski definition) is 4. The molecular formula is C21H22N2O4. The highest BCUT2D eigenvalue weighted by Crippen LogP contribution is 2.44. The van der Waals surface area contributed by atoms with E-state index >= 15 is 0 Å². The number of ether oxygens (including phenoxy) is 1. The van der Waals surface area contributed by atoms with Crippen LogP contribution < -0.4 is 4.74 Å². The summed E-state index contributed by atoms with van der Waals surface area (Å²) in [6, 6.07) is 11.0. The molecule has 1 aromatic carbocycles. The molecule has 2 atom stereocenters. The predicted molar refractivity (Wildman–Crippen MR) is 98.7 cm³/mol. The van der Waals surface area contributed by atoms with E-state index in [1.165, 1.54) is 0 Å². The average molecular weight is 366 g/mol. The Bertz CT molecular complexity index is 897. The molecule has 2 aromatic rings. The number of carbonyl (C=O) groups excluding carboxylic acids is 1. The van der Waals surface area contributed by atoms with Crippen molar-refractivity contribution in [1.82, 2.24) is 9.88 Å². The van der Waals surface area contributed by atoms with Gasteiger partial charge in [-0.2, -0.15) is 0 Å². The summed E-state index contributed by atoms with van der Waals surface area (Å²) in [4.78, 5) is 31.2. The number of fused-ring (bicyclic) bond motifs is 2. The highest BCUT2D eigenvalue weighted by atomic mass is 16.5. The molecule has 6 nitrogen and oxygen atoms in total. The molecule has 27 heavy (non-hydrogen) atoms. The molecule has 0 spiro atoms. The standard InChI is InChI=1S/C21H22N2O4/c1-2-17-9-14(7-8-22-17)19(24)23-11-16-12-27-18-6-4-3-5-15(18)10-21(16,13-23)20(25)26/h3-9,16H,2,10-13H2,1H3,(H,25,26)/t16-,21+/m1/s1. The van der Waals surface area contributed by atoms with Gasteiger partial charge in [-0.05, 0) is 36.6 Å². The highest BCUT2D eigenvalue weighted by molar-refractivity contribution is 5.95. The number of aryl methyl sites for hydroxylation is 1. The van der Waals surface area contributed by atoms with Gasteiger partial charge < -0.3 is 14.7 Å². The Morgan fingerprint density at radius 3 is 2.93 bits per heavy atom. The summed E-state index contributed by atoms with van der Waals surface area (Å²) >= 11 is 0. The van der Waals surface area contributed by atoms with Crippen LogP contribution in [0.15, 0.2) is 42.6 Å². The third-order valence-electron chi connectivity index (χ3n) is 5.75. The first kappa shape index (κ1) is 17.5. The van der Waals surface area contributed by atoms with Gasteiger partial charge in [-0.1, -0.05) is 25.1 Å². The first-order valence-corrected chi connectivity index (χ1v) is 9.22. The van der Waals surface area contributed by atoms with Crippen LogP contribution >= 0.6 is 0 Å². The van der Waals surface area contributed by atoms with Gasteiger partial charge in [0.2, 0.25) is 0 Å². The smallest absolute Gasteiger partial charge is 0.312 e. The van der Waals surface area contributed by atoms with Crippen molar-refractivity contribution in [3.05, 3.63) is 59.4 Å². The van der Waals surface area contributed by atoms with Crippen LogP contribution in [-0.4, -0.2) is 46.6 Å². The fraction of sp³-hybridized carbons (Fsp3) is 0.381. The van der Waals surface area contributed by atoms with Crippen LogP contribution in [0.2, 0.25) is 0 Å². The van der Waals surface area contributed by atoms with E-state index in [9.17, 15) is 14.7 Å². The molecule has 2 aliphatic rings. The van der Waals surface area contributed by atoms with E-state index in [2.05, 4.69) is 4.98 Å². The maximum absolute atomic E-state index is 13.0. The van der Waals surface area contributed by atoms with Crippen LogP contribution in [-0.2, 0) is 17.6 Å². The van der Waals surface area contributed by atoms with Crippen molar-refractivity contribution in [3.8, 4) is 5.75 Å². The predicted octanol–water partition coefficient (Wildman–Crippen LogP) is 2.42. The van der Waals surface area contributed by atoms with Crippen LogP contribution in [0.5, 0.6) is 5.75 Å². The van der Waals surface area contributed by atoms with Crippen molar-refractivity contribution in [2.24, 2.45) is 11.3 Å². The van der Waals surface area contributed by atoms with E-state index in [-0.39, 0.29) is 18.4 Å². The maximum atomic E-state index is 13.0. The molecule has 3 heterocycles. The second kappa shape index (κ2) is 6.68. The number of carboxylic acids is 1. The number of nitrogens with zero attached hydrogens (tertiary/aromatic N) is 2. The third-order valence-corrected chi connectivity index (χ3v) is 5.75. The van der Waals surface area contributed by atoms with Crippen molar-refractivity contribution >= 4 is 11.9 Å². The molecule has 0 saturated carbocycles. The fourth-order valence-electron chi connectivity index (χ4n) is 4.17. The average Bonchev–Trinajstić information content (AvgIpc) is 2.98. The zero-order valence-corrected chi connectivity index (χ0v) is 15.2. The number of hydrogen-bond donors (Lipinski definition) is 1. The van der Waals surface area contributed by atoms with Gasteiger partial charge in [0.25, 0.3) is 5.91 Å². The van der Waals surface area contributed by atoms with Gasteiger partial charge in [0, 0.05) is 36.5 Å². The number of benzene rings is 1. The summed E-state index contributed by atoms with van der Waals surface area (Å²) in [6.07, 6.45) is 2.74. The van der Waals surface area contributed by atoms with Crippen LogP contribution in [0, 0.1) is 11.3 Å². The Hall–Kier alpha value is -2.89. The minimum Gasteiger partial charge on any atom is -0.493 e. The fourth-order valence-corrected chi connectivity index (χ4v) is 4.17. The quantitative estimate of drug-likeness (QED) is 0.902. The monoisotopic (exact) mass is 366 g/mol. The summed E-state index contributed by atoms with van der Waals surface area (Å²) < 4.78 is 5.90. The minimum atomic E-state index is -1.02. The van der Waals surface area contributed by atoms with Gasteiger partial charge in [0.15, 0.2) is 0 Å². The van der Waals surface area contributed by atoms with Crippen LogP contribution in [0.3, 0.4) is 0 Å². The molecular weight excluding hydrogens is 344 g/mol. The third kappa shape index (κ3) is 2.95. The highest BCUT2D eigenvalue weighted by Gasteiger charge is 2.55. The van der Waals surface area contributed by atoms with Crippen molar-refractivity contribution in [2.75, 3.05) is 19.7 Å². The maximum Gasteiger partial charge on any atom is 0.312 e. The van der Waals surface area contributed by atoms with E-state index in [1.807, 2.05) is 31.2 Å². The Labute approximate surface area is 157 Å². The molecule has 6 heteroatoms. The number of para-hydroxylation sites is 1. The molecule has 1 fully saturated rings. The first-order chi connectivity index (χ1) is 13.0. The normalized spacial score (nSPS) is 23.7. The first-order valence-electron chi connectivity index (χ1n) is 9.22. The lowest BCUT2D eigenvalue weighted by atomic mass is 9.74. The lowest BCUT2D eigenvalue weighted by Crippen LogP contribution is -2.42. The van der Waals surface area contributed by atoms with Crippen molar-refractivity contribution in [3.63, 3.8) is 0 Å². The topological polar surface area (TPSA) is 79.7 Å². The number of likely N-dealkylation sites (tertiary alicyclic amines) is 1. The number of carbonyl (C=O) groups is 2. The van der Waals surface area contributed by atoms with E-state index in [0.717, 1.165) is 23.4 Å². The largest absolute Gasteiger partial charge is 0.493 e. The van der Waals surface area contributed by atoms with E-state index < -0.39 is 11.4 Å². The summed E-state index contributed by atoms with van der Waals surface area (Å²) in [5.74, 6) is -0.521. The number of aromatic nitrogens is 1. The zero-order valence-electron chi connectivity index (χ0n) is 15.2. The van der Waals surface area contributed by atoms with Gasteiger partial charge in [-0.15, -0.1) is 0 Å². The van der Waals surface area contributed by atoms with Gasteiger partial charge in [0.05, 0.1) is 12.0 Å². The number of rotatable bonds is 3. The van der Waals surface area contributed by atoms with Crippen LogP contribution in [0.4, 0.5) is 0 Å². The Kier molecular flexibility index (Phi) is 4.34. The zero-order chi connectivity index (χ0) is 19.0. The Morgan fingerprint density at radius 2 is 2.15 bits per heavy atom. The number of carboxylic acid groups (broad SMARTS) is 1. The van der Waals surface area contributed by atoms with Crippen molar-refractivity contribution in [1.29, 1.82) is 0 Å². The Morgan fingerprint density at radius 1 is 1.33 bits per heavy atom.